The van der Waals surface area contributed by atoms with Crippen molar-refractivity contribution in [2.75, 3.05) is 86.1 Å². The Labute approximate surface area is 212 Å². The first-order valence-corrected chi connectivity index (χ1v) is 11.4. The molecule has 0 saturated heterocycles. The number of hydrogen-bond donors (Lipinski definition) is 2. The molecule has 206 valence electrons. The van der Waals surface area contributed by atoms with E-state index in [9.17, 15) is 19.2 Å². The van der Waals surface area contributed by atoms with Crippen molar-refractivity contribution in [1.29, 1.82) is 0 Å². The number of carbonyl (C=O) groups is 4. The summed E-state index contributed by atoms with van der Waals surface area (Å²) in [6, 6.07) is 0. The molecule has 13 nitrogen and oxygen atoms in total. The number of nitrogens with one attached hydrogen (secondary N) is 2. The van der Waals surface area contributed by atoms with Gasteiger partial charge in [0, 0.05) is 37.3 Å². The largest absolute Gasteiger partial charge is 0.460 e. The van der Waals surface area contributed by atoms with E-state index in [1.807, 2.05) is 4.90 Å². The van der Waals surface area contributed by atoms with Crippen molar-refractivity contribution in [3.8, 4) is 0 Å². The van der Waals surface area contributed by atoms with Gasteiger partial charge in [-0.05, 0) is 20.9 Å². The van der Waals surface area contributed by atoms with Crippen LogP contribution in [0.5, 0.6) is 0 Å². The number of amides is 2. The second-order valence-electron chi connectivity index (χ2n) is 7.49. The van der Waals surface area contributed by atoms with Crippen molar-refractivity contribution >= 4 is 24.1 Å². The van der Waals surface area contributed by atoms with Gasteiger partial charge in [-0.2, -0.15) is 0 Å². The fraction of sp³-hybridized carbons (Fsp3) is 0.652. The maximum Gasteiger partial charge on any atom is 0.407 e. The van der Waals surface area contributed by atoms with E-state index in [1.165, 1.54) is 0 Å². The van der Waals surface area contributed by atoms with Crippen molar-refractivity contribution in [2.45, 2.75) is 13.8 Å². The van der Waals surface area contributed by atoms with Crippen LogP contribution in [-0.2, 0) is 38.0 Å². The van der Waals surface area contributed by atoms with Gasteiger partial charge >= 0.3 is 24.1 Å². The van der Waals surface area contributed by atoms with Crippen LogP contribution in [0, 0.1) is 0 Å². The molecule has 0 rings (SSSR count). The number of nitrogens with zero attached hydrogens (tertiary/aromatic N) is 1. The zero-order valence-electron chi connectivity index (χ0n) is 21.4. The summed E-state index contributed by atoms with van der Waals surface area (Å²) >= 11 is 0. The van der Waals surface area contributed by atoms with Crippen molar-refractivity contribution < 1.29 is 47.6 Å². The van der Waals surface area contributed by atoms with E-state index in [-0.39, 0.29) is 65.9 Å². The number of carbonyl (C=O) groups excluding carboxylic acids is 4. The highest BCUT2D eigenvalue weighted by Gasteiger charge is 2.07. The molecular weight excluding hydrogens is 478 g/mol. The molecule has 0 aromatic rings. The lowest BCUT2D eigenvalue weighted by molar-refractivity contribution is -0.141. The SMILES string of the molecule is C=C(C)C(=O)OCCOCCNC(=O)OCCN(C)CCOC(=O)NCCOCCOC(=O)C(=C)C. The van der Waals surface area contributed by atoms with Crippen LogP contribution in [0.3, 0.4) is 0 Å². The molecule has 0 radical (unpaired) electrons. The average molecular weight is 518 g/mol. The molecule has 0 aromatic heterocycles. The first-order chi connectivity index (χ1) is 17.1. The second kappa shape index (κ2) is 21.1. The maximum absolute atomic E-state index is 11.6. The molecule has 0 aliphatic heterocycles. The minimum absolute atomic E-state index is 0.110. The van der Waals surface area contributed by atoms with Crippen molar-refractivity contribution in [3.63, 3.8) is 0 Å². The standard InChI is InChI=1S/C23H39N3O10/c1-18(2)20(27)33-16-14-31-10-6-24-22(29)35-12-8-26(5)9-13-36-23(30)25-7-11-32-15-17-34-21(28)19(3)4/h1,3,6-17H2,2,4-5H3,(H,24,29)(H,25,30). The van der Waals surface area contributed by atoms with E-state index < -0.39 is 24.1 Å². The summed E-state index contributed by atoms with van der Waals surface area (Å²) in [5.74, 6) is -0.946. The molecule has 2 amide bonds. The average Bonchev–Trinajstić information content (AvgIpc) is 2.82. The van der Waals surface area contributed by atoms with Crippen LogP contribution in [0.4, 0.5) is 9.59 Å². The Hall–Kier alpha value is -3.16. The lowest BCUT2D eigenvalue weighted by Gasteiger charge is -2.16. The van der Waals surface area contributed by atoms with E-state index in [0.29, 0.717) is 24.2 Å². The van der Waals surface area contributed by atoms with Gasteiger partial charge in [-0.25, -0.2) is 19.2 Å². The monoisotopic (exact) mass is 517 g/mol. The smallest absolute Gasteiger partial charge is 0.407 e. The van der Waals surface area contributed by atoms with Gasteiger partial charge in [-0.15, -0.1) is 0 Å². The third kappa shape index (κ3) is 20.2. The molecule has 0 aliphatic carbocycles. The van der Waals surface area contributed by atoms with Gasteiger partial charge in [0.25, 0.3) is 0 Å². The number of esters is 2. The molecule has 0 atom stereocenters. The molecule has 0 bridgehead atoms. The molecular formula is C23H39N3O10. The van der Waals surface area contributed by atoms with Crippen LogP contribution >= 0.6 is 0 Å². The zero-order chi connectivity index (χ0) is 27.2. The van der Waals surface area contributed by atoms with Gasteiger partial charge < -0.3 is 39.1 Å². The summed E-state index contributed by atoms with van der Waals surface area (Å²) in [5.41, 5.74) is 0.637. The molecule has 0 unspecified atom stereocenters. The van der Waals surface area contributed by atoms with Crippen molar-refractivity contribution in [2.24, 2.45) is 0 Å². The van der Waals surface area contributed by atoms with Crippen molar-refractivity contribution in [3.05, 3.63) is 24.3 Å². The summed E-state index contributed by atoms with van der Waals surface area (Å²) < 4.78 is 30.3. The summed E-state index contributed by atoms with van der Waals surface area (Å²) in [4.78, 5) is 47.4. The van der Waals surface area contributed by atoms with Gasteiger partial charge in [-0.3, -0.25) is 4.90 Å². The van der Waals surface area contributed by atoms with Gasteiger partial charge in [0.05, 0.1) is 26.4 Å². The highest BCUT2D eigenvalue weighted by Crippen LogP contribution is 1.92. The fourth-order valence-corrected chi connectivity index (χ4v) is 2.09. The summed E-state index contributed by atoms with van der Waals surface area (Å²) in [6.07, 6.45) is -1.15. The first kappa shape index (κ1) is 32.8. The number of likely N-dealkylation sites (N-methyl/N-ethyl adjacent to an activating group) is 1. The summed E-state index contributed by atoms with van der Waals surface area (Å²) in [6.45, 7) is 12.9. The van der Waals surface area contributed by atoms with E-state index >= 15 is 0 Å². The molecule has 13 heteroatoms. The van der Waals surface area contributed by atoms with E-state index in [2.05, 4.69) is 23.8 Å². The summed E-state index contributed by atoms with van der Waals surface area (Å²) in [5, 5.41) is 5.07. The second-order valence-corrected chi connectivity index (χ2v) is 7.49. The lowest BCUT2D eigenvalue weighted by Crippen LogP contribution is -2.34. The lowest BCUT2D eigenvalue weighted by atomic mass is 10.4. The van der Waals surface area contributed by atoms with Gasteiger partial charge in [0.1, 0.15) is 26.4 Å². The van der Waals surface area contributed by atoms with Gasteiger partial charge in [0.15, 0.2) is 0 Å². The van der Waals surface area contributed by atoms with Crippen LogP contribution in [-0.4, -0.2) is 115 Å². The highest BCUT2D eigenvalue weighted by molar-refractivity contribution is 5.87. The molecule has 0 aliphatic rings. The quantitative estimate of drug-likeness (QED) is 0.101. The maximum atomic E-state index is 11.6. The molecule has 0 saturated carbocycles. The Morgan fingerprint density at radius 2 is 1.00 bits per heavy atom. The molecule has 36 heavy (non-hydrogen) atoms. The van der Waals surface area contributed by atoms with Crippen LogP contribution < -0.4 is 10.6 Å². The Bertz CT molecular complexity index is 656. The number of ether oxygens (including phenoxy) is 6. The van der Waals surface area contributed by atoms with Crippen LogP contribution in [0.15, 0.2) is 24.3 Å². The predicted octanol–water partition coefficient (Wildman–Crippen LogP) is 0.642. The Kier molecular flexibility index (Phi) is 19.3. The van der Waals surface area contributed by atoms with Crippen molar-refractivity contribution in [1.82, 2.24) is 15.5 Å². The predicted molar refractivity (Wildman–Crippen MR) is 129 cm³/mol. The van der Waals surface area contributed by atoms with E-state index in [0.717, 1.165) is 0 Å². The number of alkyl carbamates (subject to hydrolysis) is 2. The van der Waals surface area contributed by atoms with E-state index in [4.69, 9.17) is 28.4 Å². The third-order valence-corrected chi connectivity index (χ3v) is 4.06. The molecule has 0 fully saturated rings. The zero-order valence-corrected chi connectivity index (χ0v) is 21.4. The Balaban J connectivity index is 3.54. The highest BCUT2D eigenvalue weighted by atomic mass is 16.6. The normalized spacial score (nSPS) is 10.3. The number of rotatable bonds is 20. The summed E-state index contributed by atoms with van der Waals surface area (Å²) in [7, 11) is 1.80. The number of hydrogen-bond acceptors (Lipinski definition) is 11. The topological polar surface area (TPSA) is 151 Å². The Morgan fingerprint density at radius 1 is 0.611 bits per heavy atom. The minimum atomic E-state index is -0.576. The minimum Gasteiger partial charge on any atom is -0.460 e. The van der Waals surface area contributed by atoms with Gasteiger partial charge in [0.2, 0.25) is 0 Å². The van der Waals surface area contributed by atoms with Crippen LogP contribution in [0.2, 0.25) is 0 Å². The molecule has 0 heterocycles. The van der Waals surface area contributed by atoms with Gasteiger partial charge in [-0.1, -0.05) is 13.2 Å². The fourth-order valence-electron chi connectivity index (χ4n) is 2.09. The van der Waals surface area contributed by atoms with E-state index in [1.54, 1.807) is 20.9 Å². The molecule has 0 aromatic carbocycles. The van der Waals surface area contributed by atoms with Crippen LogP contribution in [0.25, 0.3) is 0 Å². The third-order valence-electron chi connectivity index (χ3n) is 4.06. The molecule has 0 spiro atoms. The molecule has 2 N–H and O–H groups in total. The Morgan fingerprint density at radius 3 is 1.36 bits per heavy atom. The van der Waals surface area contributed by atoms with Crippen LogP contribution in [0.1, 0.15) is 13.8 Å². The first-order valence-electron chi connectivity index (χ1n) is 11.4.